The lowest BCUT2D eigenvalue weighted by molar-refractivity contribution is -0.153. The number of barbiturate groups is 1. The highest BCUT2D eigenvalue weighted by Crippen LogP contribution is 2.50. The summed E-state index contributed by atoms with van der Waals surface area (Å²) in [6.07, 6.45) is -2.35. The summed E-state index contributed by atoms with van der Waals surface area (Å²) in [6.45, 7) is 5.48. The van der Waals surface area contributed by atoms with Crippen molar-refractivity contribution in [1.29, 1.82) is 0 Å². The number of imide groups is 2. The number of aromatic nitrogens is 1. The first-order chi connectivity index (χ1) is 18.1. The summed E-state index contributed by atoms with van der Waals surface area (Å²) in [5, 5.41) is 8.58. The number of cyclic esters (lactones) is 1. The van der Waals surface area contributed by atoms with E-state index in [2.05, 4.69) is 15.8 Å². The topological polar surface area (TPSA) is 153 Å². The van der Waals surface area contributed by atoms with Gasteiger partial charge in [-0.1, -0.05) is 5.16 Å². The highest BCUT2D eigenvalue weighted by atomic mass is 19.1. The number of nitrogens with one attached hydrogen (secondary N) is 2. The fourth-order valence-electron chi connectivity index (χ4n) is 6.29. The van der Waals surface area contributed by atoms with E-state index in [1.54, 1.807) is 31.7 Å². The Balaban J connectivity index is 1.55. The molecule has 0 saturated carbocycles. The van der Waals surface area contributed by atoms with Crippen molar-refractivity contribution in [3.8, 4) is 0 Å². The molecule has 3 saturated heterocycles. The van der Waals surface area contributed by atoms with Gasteiger partial charge in [-0.05, 0) is 32.4 Å². The first kappa shape index (κ1) is 24.6. The van der Waals surface area contributed by atoms with Gasteiger partial charge in [-0.2, -0.15) is 0 Å². The molecule has 2 N–H and O–H groups in total. The third kappa shape index (κ3) is 3.19. The van der Waals surface area contributed by atoms with E-state index < -0.39 is 59.5 Å². The van der Waals surface area contributed by atoms with Crippen LogP contribution in [-0.2, 0) is 30.2 Å². The number of carbonyl (C=O) groups is 4. The number of rotatable bonds is 3. The summed E-state index contributed by atoms with van der Waals surface area (Å²) < 4.78 is 38.3. The molecule has 1 aromatic heterocycles. The molecule has 13 nitrogen and oxygen atoms in total. The Morgan fingerprint density at radius 3 is 2.61 bits per heavy atom. The van der Waals surface area contributed by atoms with E-state index in [0.29, 0.717) is 5.56 Å². The largest absolute Gasteiger partial charge is 0.447 e. The molecule has 1 unspecified atom stereocenters. The van der Waals surface area contributed by atoms with Gasteiger partial charge in [-0.15, -0.1) is 0 Å². The van der Waals surface area contributed by atoms with Crippen LogP contribution >= 0.6 is 0 Å². The van der Waals surface area contributed by atoms with Gasteiger partial charge in [-0.3, -0.25) is 20.2 Å². The van der Waals surface area contributed by atoms with Crippen LogP contribution in [0.2, 0.25) is 0 Å². The van der Waals surface area contributed by atoms with Crippen LogP contribution in [0.3, 0.4) is 0 Å². The predicted octanol–water partition coefficient (Wildman–Crippen LogP) is 1.22. The summed E-state index contributed by atoms with van der Waals surface area (Å²) in [7, 11) is 1.49. The molecule has 0 aliphatic carbocycles. The Morgan fingerprint density at radius 2 is 1.92 bits per heavy atom. The SMILES string of the molecule is CO[C@H](C)[C@H]1COC(=O)N1c1noc2c(F)c3c(cc12)CC1(C(=O)NC(=O)NC1=O)C1[C@H](C)O[C@H](C)CN31. The van der Waals surface area contributed by atoms with E-state index >= 15 is 4.39 Å². The van der Waals surface area contributed by atoms with E-state index in [9.17, 15) is 19.2 Å². The number of amides is 5. The number of fused-ring (bicyclic) bond motifs is 5. The monoisotopic (exact) mass is 531 g/mol. The van der Waals surface area contributed by atoms with Crippen LogP contribution in [0.25, 0.3) is 11.0 Å². The molecule has 202 valence electrons. The number of halogens is 1. The summed E-state index contributed by atoms with van der Waals surface area (Å²) in [5.74, 6) is -2.29. The van der Waals surface area contributed by atoms with Gasteiger partial charge in [0.1, 0.15) is 12.6 Å². The number of nitrogens with zero attached hydrogens (tertiary/aromatic N) is 3. The summed E-state index contributed by atoms with van der Waals surface area (Å²) >= 11 is 0. The van der Waals surface area contributed by atoms with Crippen LogP contribution in [0.5, 0.6) is 0 Å². The fourth-order valence-corrected chi connectivity index (χ4v) is 6.29. The Kier molecular flexibility index (Phi) is 5.40. The second-order valence-electron chi connectivity index (χ2n) is 10.2. The zero-order valence-corrected chi connectivity index (χ0v) is 21.1. The minimum Gasteiger partial charge on any atom is -0.447 e. The smallest absolute Gasteiger partial charge is 0.416 e. The fraction of sp³-hybridized carbons (Fsp3) is 0.542. The lowest BCUT2D eigenvalue weighted by atomic mass is 9.66. The standard InChI is InChI=1S/C24H26FN5O8/c1-9-7-29-16-12(6-24(18(29)11(3)37-9)20(31)26-22(33)27-21(24)32)5-13-17(15(16)25)38-28-19(13)30-14(10(2)35-4)8-36-23(30)34/h5,9-11,14,18H,6-8H2,1-4H3,(H2,26,27,31,32,33)/t9-,10-,11+,14-,18?/m1/s1. The van der Waals surface area contributed by atoms with Gasteiger partial charge >= 0.3 is 12.1 Å². The van der Waals surface area contributed by atoms with Gasteiger partial charge in [0, 0.05) is 20.1 Å². The van der Waals surface area contributed by atoms with Gasteiger partial charge in [0.2, 0.25) is 17.4 Å². The molecule has 0 radical (unpaired) electrons. The summed E-state index contributed by atoms with van der Waals surface area (Å²) in [6, 6.07) is -0.805. The maximum absolute atomic E-state index is 16.3. The van der Waals surface area contributed by atoms with Crippen LogP contribution in [0.1, 0.15) is 26.3 Å². The van der Waals surface area contributed by atoms with Gasteiger partial charge < -0.3 is 23.6 Å². The molecule has 0 bridgehead atoms. The van der Waals surface area contributed by atoms with E-state index in [0.717, 1.165) is 0 Å². The second-order valence-corrected chi connectivity index (χ2v) is 10.2. The quantitative estimate of drug-likeness (QED) is 0.553. The van der Waals surface area contributed by atoms with Crippen molar-refractivity contribution in [1.82, 2.24) is 15.8 Å². The van der Waals surface area contributed by atoms with Gasteiger partial charge in [-0.25, -0.2) is 18.9 Å². The van der Waals surface area contributed by atoms with Gasteiger partial charge in [0.15, 0.2) is 17.1 Å². The molecule has 5 heterocycles. The van der Waals surface area contributed by atoms with E-state index in [1.165, 1.54) is 12.0 Å². The number of urea groups is 1. The number of anilines is 2. The van der Waals surface area contributed by atoms with Crippen molar-refractivity contribution >= 4 is 46.4 Å². The molecule has 3 fully saturated rings. The van der Waals surface area contributed by atoms with Crippen molar-refractivity contribution in [2.45, 2.75) is 57.6 Å². The minimum absolute atomic E-state index is 0.0331. The Hall–Kier alpha value is -3.78. The highest BCUT2D eigenvalue weighted by Gasteiger charge is 2.63. The number of hydrogen-bond donors (Lipinski definition) is 2. The zero-order valence-electron chi connectivity index (χ0n) is 21.1. The molecule has 6 rings (SSSR count). The van der Waals surface area contributed by atoms with E-state index in [-0.39, 0.29) is 48.2 Å². The maximum atomic E-state index is 16.3. The minimum atomic E-state index is -1.78. The first-order valence-corrected chi connectivity index (χ1v) is 12.3. The number of ether oxygens (including phenoxy) is 3. The Bertz CT molecular complexity index is 1370. The molecule has 2 aromatic rings. The average Bonchev–Trinajstić information content (AvgIpc) is 3.44. The van der Waals surface area contributed by atoms with Crippen molar-refractivity contribution in [2.24, 2.45) is 5.41 Å². The highest BCUT2D eigenvalue weighted by molar-refractivity contribution is 6.20. The van der Waals surface area contributed by atoms with Crippen LogP contribution < -0.4 is 20.4 Å². The Labute approximate surface area is 215 Å². The molecule has 5 atom stereocenters. The number of benzene rings is 1. The van der Waals surface area contributed by atoms with Crippen molar-refractivity contribution in [3.63, 3.8) is 0 Å². The number of hydrogen-bond acceptors (Lipinski definition) is 10. The van der Waals surface area contributed by atoms with Crippen molar-refractivity contribution in [3.05, 3.63) is 17.4 Å². The molecule has 14 heteroatoms. The third-order valence-corrected chi connectivity index (χ3v) is 7.99. The maximum Gasteiger partial charge on any atom is 0.416 e. The first-order valence-electron chi connectivity index (χ1n) is 12.3. The van der Waals surface area contributed by atoms with E-state index in [1.807, 2.05) is 0 Å². The van der Waals surface area contributed by atoms with Crippen LogP contribution in [-0.4, -0.2) is 79.8 Å². The zero-order chi connectivity index (χ0) is 27.1. The summed E-state index contributed by atoms with van der Waals surface area (Å²) in [4.78, 5) is 54.2. The molecule has 4 aliphatic heterocycles. The molecule has 1 spiro atoms. The molecular formula is C24H26FN5O8. The molecule has 38 heavy (non-hydrogen) atoms. The lowest BCUT2D eigenvalue weighted by Gasteiger charge is -2.55. The number of morpholine rings is 1. The van der Waals surface area contributed by atoms with Crippen molar-refractivity contribution in [2.75, 3.05) is 30.1 Å². The van der Waals surface area contributed by atoms with Crippen LogP contribution in [0.4, 0.5) is 25.5 Å². The Morgan fingerprint density at radius 1 is 1.21 bits per heavy atom. The third-order valence-electron chi connectivity index (χ3n) is 7.99. The number of carbonyl (C=O) groups excluding carboxylic acids is 4. The normalized spacial score (nSPS) is 29.2. The van der Waals surface area contributed by atoms with Crippen LogP contribution in [0, 0.1) is 11.2 Å². The van der Waals surface area contributed by atoms with Gasteiger partial charge in [0.25, 0.3) is 0 Å². The summed E-state index contributed by atoms with van der Waals surface area (Å²) in [5.41, 5.74) is -1.49. The van der Waals surface area contributed by atoms with E-state index in [4.69, 9.17) is 18.7 Å². The molecular weight excluding hydrogens is 505 g/mol. The number of methoxy groups -OCH3 is 1. The predicted molar refractivity (Wildman–Crippen MR) is 127 cm³/mol. The second kappa shape index (κ2) is 8.36. The molecule has 5 amide bonds. The average molecular weight is 531 g/mol. The molecule has 1 aromatic carbocycles. The molecule has 4 aliphatic rings. The lowest BCUT2D eigenvalue weighted by Crippen LogP contribution is -2.75. The van der Waals surface area contributed by atoms with Crippen molar-refractivity contribution < 1.29 is 42.3 Å². The van der Waals surface area contributed by atoms with Gasteiger partial charge in [0.05, 0.1) is 35.4 Å². The van der Waals surface area contributed by atoms with Crippen LogP contribution in [0.15, 0.2) is 10.6 Å².